The fraction of sp³-hybridized carbons (Fsp3) is 0.412. The standard InChI is InChI=1S/C17H18FN3OS/c18-13-4-2-1-3-12(13)9-21-8-7-14-15(10-21)23-17(19-14)20-16(22)11-5-6-11/h1-4,11H,5-10H2,(H,19,20,22). The SMILES string of the molecule is O=C(Nc1nc2c(s1)CN(Cc1ccccc1F)CC2)C1CC1. The molecule has 2 aromatic rings. The number of anilines is 1. The molecule has 1 fully saturated rings. The molecule has 23 heavy (non-hydrogen) atoms. The summed E-state index contributed by atoms with van der Waals surface area (Å²) in [6.07, 6.45) is 2.83. The van der Waals surface area contributed by atoms with Gasteiger partial charge in [0.1, 0.15) is 5.82 Å². The molecule has 2 aliphatic rings. The van der Waals surface area contributed by atoms with Crippen molar-refractivity contribution in [3.8, 4) is 0 Å². The molecule has 1 aliphatic heterocycles. The molecule has 6 heteroatoms. The molecule has 4 rings (SSSR count). The van der Waals surface area contributed by atoms with Crippen molar-refractivity contribution >= 4 is 22.4 Å². The number of thiazole rings is 1. The van der Waals surface area contributed by atoms with Gasteiger partial charge >= 0.3 is 0 Å². The monoisotopic (exact) mass is 331 g/mol. The Morgan fingerprint density at radius 1 is 1.39 bits per heavy atom. The van der Waals surface area contributed by atoms with Crippen LogP contribution < -0.4 is 5.32 Å². The molecule has 120 valence electrons. The molecule has 1 saturated carbocycles. The molecule has 1 aromatic heterocycles. The summed E-state index contributed by atoms with van der Waals surface area (Å²) < 4.78 is 13.8. The maximum absolute atomic E-state index is 13.8. The highest BCUT2D eigenvalue weighted by atomic mass is 32.1. The smallest absolute Gasteiger partial charge is 0.229 e. The molecule has 1 aliphatic carbocycles. The molecule has 0 atom stereocenters. The van der Waals surface area contributed by atoms with Gasteiger partial charge in [-0.2, -0.15) is 0 Å². The van der Waals surface area contributed by atoms with Gasteiger partial charge in [-0.25, -0.2) is 9.37 Å². The van der Waals surface area contributed by atoms with Crippen LogP contribution in [0.4, 0.5) is 9.52 Å². The molecule has 0 spiro atoms. The van der Waals surface area contributed by atoms with Gasteiger partial charge in [0.25, 0.3) is 0 Å². The second-order valence-corrected chi connectivity index (χ2v) is 7.29. The fourth-order valence-corrected chi connectivity index (χ4v) is 3.91. The molecular formula is C17H18FN3OS. The maximum atomic E-state index is 13.8. The summed E-state index contributed by atoms with van der Waals surface area (Å²) in [5.74, 6) is 0.132. The number of nitrogens with one attached hydrogen (secondary N) is 1. The first-order chi connectivity index (χ1) is 11.2. The predicted octanol–water partition coefficient (Wildman–Crippen LogP) is 3.19. The molecule has 2 heterocycles. The first kappa shape index (κ1) is 14.8. The van der Waals surface area contributed by atoms with Gasteiger partial charge in [-0.1, -0.05) is 18.2 Å². The summed E-state index contributed by atoms with van der Waals surface area (Å²) in [5, 5.41) is 3.63. The predicted molar refractivity (Wildman–Crippen MR) is 87.7 cm³/mol. The zero-order valence-electron chi connectivity index (χ0n) is 12.7. The van der Waals surface area contributed by atoms with Crippen LogP contribution in [0.5, 0.6) is 0 Å². The number of hydrogen-bond donors (Lipinski definition) is 1. The van der Waals surface area contributed by atoms with Crippen LogP contribution in [0.1, 0.15) is 29.0 Å². The molecule has 0 bridgehead atoms. The van der Waals surface area contributed by atoms with Crippen molar-refractivity contribution in [3.05, 3.63) is 46.2 Å². The Balaban J connectivity index is 1.43. The van der Waals surface area contributed by atoms with E-state index in [1.54, 1.807) is 17.4 Å². The Morgan fingerprint density at radius 2 is 2.22 bits per heavy atom. The molecule has 0 unspecified atom stereocenters. The molecule has 4 nitrogen and oxygen atoms in total. The summed E-state index contributed by atoms with van der Waals surface area (Å²) in [7, 11) is 0. The van der Waals surface area contributed by atoms with Gasteiger partial charge in [-0.15, -0.1) is 11.3 Å². The normalized spacial score (nSPS) is 17.8. The highest BCUT2D eigenvalue weighted by Gasteiger charge is 2.30. The Kier molecular flexibility index (Phi) is 3.87. The van der Waals surface area contributed by atoms with Crippen molar-refractivity contribution < 1.29 is 9.18 Å². The lowest BCUT2D eigenvalue weighted by Gasteiger charge is -2.25. The minimum Gasteiger partial charge on any atom is -0.302 e. The first-order valence-electron chi connectivity index (χ1n) is 7.94. The van der Waals surface area contributed by atoms with Gasteiger partial charge in [0.2, 0.25) is 5.91 Å². The first-order valence-corrected chi connectivity index (χ1v) is 8.76. The number of amides is 1. The van der Waals surface area contributed by atoms with E-state index in [0.717, 1.165) is 43.6 Å². The molecule has 1 amide bonds. The van der Waals surface area contributed by atoms with Crippen molar-refractivity contribution in [3.63, 3.8) is 0 Å². The maximum Gasteiger partial charge on any atom is 0.229 e. The fourth-order valence-electron chi connectivity index (χ4n) is 2.86. The second-order valence-electron chi connectivity index (χ2n) is 6.20. The summed E-state index contributed by atoms with van der Waals surface area (Å²) in [6, 6.07) is 6.92. The van der Waals surface area contributed by atoms with Crippen LogP contribution in [0, 0.1) is 11.7 Å². The van der Waals surface area contributed by atoms with Gasteiger partial charge in [0, 0.05) is 42.4 Å². The number of halogens is 1. The number of nitrogens with zero attached hydrogens (tertiary/aromatic N) is 2. The molecule has 0 radical (unpaired) electrons. The minimum absolute atomic E-state index is 0.0966. The minimum atomic E-state index is -0.153. The van der Waals surface area contributed by atoms with Crippen LogP contribution in [-0.4, -0.2) is 22.3 Å². The van der Waals surface area contributed by atoms with E-state index in [-0.39, 0.29) is 17.6 Å². The molecule has 1 aromatic carbocycles. The third kappa shape index (κ3) is 3.28. The van der Waals surface area contributed by atoms with Gasteiger partial charge in [-0.3, -0.25) is 9.69 Å². The Labute approximate surface area is 138 Å². The summed E-state index contributed by atoms with van der Waals surface area (Å²) in [6.45, 7) is 2.23. The third-order valence-corrected chi connectivity index (χ3v) is 5.34. The Morgan fingerprint density at radius 3 is 3.00 bits per heavy atom. The molecule has 0 saturated heterocycles. The van der Waals surface area contributed by atoms with E-state index in [1.165, 1.54) is 10.9 Å². The van der Waals surface area contributed by atoms with E-state index in [2.05, 4.69) is 15.2 Å². The summed E-state index contributed by atoms with van der Waals surface area (Å²) in [5.41, 5.74) is 1.80. The van der Waals surface area contributed by atoms with E-state index in [9.17, 15) is 9.18 Å². The lowest BCUT2D eigenvalue weighted by atomic mass is 10.1. The van der Waals surface area contributed by atoms with Crippen molar-refractivity contribution in [2.24, 2.45) is 5.92 Å². The summed E-state index contributed by atoms with van der Waals surface area (Å²) in [4.78, 5) is 19.8. The molecular weight excluding hydrogens is 313 g/mol. The number of carbonyl (C=O) groups excluding carboxylic acids is 1. The third-order valence-electron chi connectivity index (χ3n) is 4.34. The largest absolute Gasteiger partial charge is 0.302 e. The second kappa shape index (κ2) is 6.02. The summed E-state index contributed by atoms with van der Waals surface area (Å²) >= 11 is 1.55. The van der Waals surface area contributed by atoms with Gasteiger partial charge in [-0.05, 0) is 18.9 Å². The lowest BCUT2D eigenvalue weighted by Crippen LogP contribution is -2.29. The topological polar surface area (TPSA) is 45.2 Å². The molecule has 1 N–H and O–H groups in total. The number of aromatic nitrogens is 1. The van der Waals surface area contributed by atoms with Crippen LogP contribution in [0.25, 0.3) is 0 Å². The number of benzene rings is 1. The van der Waals surface area contributed by atoms with E-state index in [1.807, 2.05) is 12.1 Å². The number of fused-ring (bicyclic) bond motifs is 1. The van der Waals surface area contributed by atoms with Crippen LogP contribution in [0.2, 0.25) is 0 Å². The van der Waals surface area contributed by atoms with E-state index >= 15 is 0 Å². The van der Waals surface area contributed by atoms with Gasteiger partial charge < -0.3 is 5.32 Å². The average Bonchev–Trinajstić information content (AvgIpc) is 3.31. The quantitative estimate of drug-likeness (QED) is 0.936. The van der Waals surface area contributed by atoms with Gasteiger partial charge in [0.05, 0.1) is 5.69 Å². The van der Waals surface area contributed by atoms with Crippen molar-refractivity contribution in [1.29, 1.82) is 0 Å². The number of carbonyl (C=O) groups is 1. The van der Waals surface area contributed by atoms with E-state index in [4.69, 9.17) is 0 Å². The average molecular weight is 331 g/mol. The van der Waals surface area contributed by atoms with Crippen LogP contribution in [0.15, 0.2) is 24.3 Å². The Hall–Kier alpha value is -1.79. The van der Waals surface area contributed by atoms with Crippen molar-refractivity contribution in [1.82, 2.24) is 9.88 Å². The van der Waals surface area contributed by atoms with Crippen LogP contribution >= 0.6 is 11.3 Å². The Bertz CT molecular complexity index is 741. The van der Waals surface area contributed by atoms with Crippen LogP contribution in [-0.2, 0) is 24.3 Å². The zero-order chi connectivity index (χ0) is 15.8. The highest BCUT2D eigenvalue weighted by molar-refractivity contribution is 7.15. The van der Waals surface area contributed by atoms with Crippen molar-refractivity contribution in [2.45, 2.75) is 32.4 Å². The highest BCUT2D eigenvalue weighted by Crippen LogP contribution is 2.33. The van der Waals surface area contributed by atoms with E-state index in [0.29, 0.717) is 11.7 Å². The number of hydrogen-bond acceptors (Lipinski definition) is 4. The van der Waals surface area contributed by atoms with E-state index < -0.39 is 0 Å². The number of rotatable bonds is 4. The zero-order valence-corrected chi connectivity index (χ0v) is 13.5. The van der Waals surface area contributed by atoms with Crippen molar-refractivity contribution in [2.75, 3.05) is 11.9 Å². The lowest BCUT2D eigenvalue weighted by molar-refractivity contribution is -0.117. The van der Waals surface area contributed by atoms with Crippen LogP contribution in [0.3, 0.4) is 0 Å². The van der Waals surface area contributed by atoms with Gasteiger partial charge in [0.15, 0.2) is 5.13 Å².